The Morgan fingerprint density at radius 1 is 1.11 bits per heavy atom. The van der Waals surface area contributed by atoms with E-state index < -0.39 is 0 Å². The van der Waals surface area contributed by atoms with Crippen molar-refractivity contribution in [2.75, 3.05) is 0 Å². The van der Waals surface area contributed by atoms with Crippen LogP contribution in [0.25, 0.3) is 0 Å². The van der Waals surface area contributed by atoms with Gasteiger partial charge in [-0.25, -0.2) is 0 Å². The molecule has 0 amide bonds. The second kappa shape index (κ2) is 4.27. The van der Waals surface area contributed by atoms with Crippen LogP contribution in [0.3, 0.4) is 0 Å². The Hall–Kier alpha value is -0.630. The van der Waals surface area contributed by atoms with Gasteiger partial charge in [0.1, 0.15) is 12.4 Å². The fourth-order valence-corrected chi connectivity index (χ4v) is 0.465. The van der Waals surface area contributed by atoms with Crippen molar-refractivity contribution >= 4 is 0 Å². The van der Waals surface area contributed by atoms with Crippen LogP contribution in [0, 0.1) is 11.5 Å². The number of nitrogens with zero attached hydrogens (tertiary/aromatic N) is 2. The van der Waals surface area contributed by atoms with Gasteiger partial charge in [0, 0.05) is 0 Å². The maximum Gasteiger partial charge on any atom is 0.463 e. The highest BCUT2D eigenvalue weighted by Gasteiger charge is 1.85. The smallest absolute Gasteiger partial charge is 0.463 e. The van der Waals surface area contributed by atoms with Crippen LogP contribution >= 0.6 is 0 Å². The summed E-state index contributed by atoms with van der Waals surface area (Å²) in [7, 11) is 0. The van der Waals surface area contributed by atoms with E-state index in [4.69, 9.17) is 5.26 Å². The molecule has 0 aliphatic rings. The third-order valence-electron chi connectivity index (χ3n) is 0.831. The summed E-state index contributed by atoms with van der Waals surface area (Å²) in [5.41, 5.74) is 0. The topological polar surface area (TPSA) is 27.7 Å². The molecule has 0 fully saturated rings. The van der Waals surface area contributed by atoms with Crippen LogP contribution in [0.5, 0.6) is 0 Å². The van der Waals surface area contributed by atoms with E-state index in [1.165, 1.54) is 4.57 Å². The summed E-state index contributed by atoms with van der Waals surface area (Å²) in [6.07, 6.45) is 5.33. The minimum absolute atomic E-state index is 0. The van der Waals surface area contributed by atoms with Gasteiger partial charge in [-0.1, -0.05) is 6.07 Å². The van der Waals surface area contributed by atoms with E-state index in [1.54, 1.807) is 12.4 Å². The molecule has 0 aliphatic heterocycles. The molecule has 46 valence electrons. The van der Waals surface area contributed by atoms with Gasteiger partial charge in [-0.3, -0.25) is 0 Å². The van der Waals surface area contributed by atoms with E-state index in [1.807, 2.05) is 24.4 Å². The molecule has 1 aromatic rings. The number of nitriles is 1. The van der Waals surface area contributed by atoms with Crippen LogP contribution in [0.2, 0.25) is 0 Å². The van der Waals surface area contributed by atoms with Crippen LogP contribution in [0.15, 0.2) is 30.6 Å². The highest BCUT2D eigenvalue weighted by atomic mass is 127. The zero-order valence-electron chi connectivity index (χ0n) is 4.66. The summed E-state index contributed by atoms with van der Waals surface area (Å²) in [6.45, 7) is 0. The maximum atomic E-state index is 8.25. The zero-order chi connectivity index (χ0) is 5.82. The fraction of sp³-hybridized carbons (Fsp3) is 0. The first-order valence-corrected chi connectivity index (χ1v) is 2.30. The van der Waals surface area contributed by atoms with E-state index in [-0.39, 0.29) is 24.0 Å². The van der Waals surface area contributed by atoms with E-state index in [2.05, 4.69) is 0 Å². The second-order valence-electron chi connectivity index (χ2n) is 1.38. The van der Waals surface area contributed by atoms with Crippen molar-refractivity contribution in [1.82, 2.24) is 0 Å². The summed E-state index contributed by atoms with van der Waals surface area (Å²) in [4.78, 5) is 0. The van der Waals surface area contributed by atoms with E-state index in [9.17, 15) is 0 Å². The van der Waals surface area contributed by atoms with Gasteiger partial charge >= 0.3 is 6.19 Å². The number of halogens is 1. The van der Waals surface area contributed by atoms with Crippen LogP contribution in [-0.2, 0) is 0 Å². The van der Waals surface area contributed by atoms with Crippen molar-refractivity contribution in [1.29, 1.82) is 5.26 Å². The van der Waals surface area contributed by atoms with Gasteiger partial charge in [0.05, 0.1) is 0 Å². The molecular formula is C6H5IN2. The van der Waals surface area contributed by atoms with Gasteiger partial charge in [-0.2, -0.15) is 0 Å². The van der Waals surface area contributed by atoms with Crippen molar-refractivity contribution in [2.24, 2.45) is 0 Å². The quantitative estimate of drug-likeness (QED) is 0.353. The Morgan fingerprint density at radius 2 is 1.67 bits per heavy atom. The molecule has 0 spiro atoms. The maximum absolute atomic E-state index is 8.25. The van der Waals surface area contributed by atoms with Crippen LogP contribution < -0.4 is 28.5 Å². The minimum atomic E-state index is 0. The highest BCUT2D eigenvalue weighted by Crippen LogP contribution is 1.72. The van der Waals surface area contributed by atoms with Gasteiger partial charge in [-0.05, 0) is 12.1 Å². The normalized spacial score (nSPS) is 7.00. The molecule has 0 radical (unpaired) electrons. The Labute approximate surface area is 70.8 Å². The molecule has 9 heavy (non-hydrogen) atoms. The first-order valence-electron chi connectivity index (χ1n) is 2.30. The first kappa shape index (κ1) is 8.37. The number of aromatic nitrogens is 1. The first-order chi connectivity index (χ1) is 3.93. The molecule has 0 N–H and O–H groups in total. The van der Waals surface area contributed by atoms with Gasteiger partial charge in [0.2, 0.25) is 0 Å². The summed E-state index contributed by atoms with van der Waals surface area (Å²) < 4.78 is 1.43. The van der Waals surface area contributed by atoms with Crippen LogP contribution in [0.4, 0.5) is 0 Å². The third kappa shape index (κ3) is 2.42. The molecule has 2 nitrogen and oxygen atoms in total. The minimum Gasteiger partial charge on any atom is -1.00 e. The molecule has 1 heterocycles. The zero-order valence-corrected chi connectivity index (χ0v) is 6.82. The molecule has 0 saturated heterocycles. The van der Waals surface area contributed by atoms with Gasteiger partial charge < -0.3 is 24.0 Å². The summed E-state index contributed by atoms with van der Waals surface area (Å²) in [5.74, 6) is 0. The third-order valence-corrected chi connectivity index (χ3v) is 0.831. The van der Waals surface area contributed by atoms with E-state index in [0.717, 1.165) is 0 Å². The molecule has 0 aliphatic carbocycles. The van der Waals surface area contributed by atoms with E-state index in [0.29, 0.717) is 0 Å². The molecule has 0 unspecified atom stereocenters. The Balaban J connectivity index is 0.000000640. The number of hydrogen-bond donors (Lipinski definition) is 0. The van der Waals surface area contributed by atoms with Gasteiger partial charge in [-0.15, -0.1) is 4.57 Å². The number of rotatable bonds is 0. The van der Waals surface area contributed by atoms with Crippen molar-refractivity contribution in [3.05, 3.63) is 30.6 Å². The largest absolute Gasteiger partial charge is 1.00 e. The molecule has 3 heteroatoms. The average Bonchev–Trinajstić information content (AvgIpc) is 1.90. The van der Waals surface area contributed by atoms with Crippen molar-refractivity contribution in [3.8, 4) is 6.19 Å². The molecular weight excluding hydrogens is 227 g/mol. The lowest BCUT2D eigenvalue weighted by Crippen LogP contribution is -3.00. The Morgan fingerprint density at radius 3 is 2.00 bits per heavy atom. The lowest BCUT2D eigenvalue weighted by Gasteiger charge is -1.76. The predicted octanol–water partition coefficient (Wildman–Crippen LogP) is -2.69. The molecule has 0 atom stereocenters. The molecule has 0 aromatic carbocycles. The highest BCUT2D eigenvalue weighted by molar-refractivity contribution is 4.84. The van der Waals surface area contributed by atoms with Crippen LogP contribution in [0.1, 0.15) is 0 Å². The van der Waals surface area contributed by atoms with Crippen molar-refractivity contribution in [3.63, 3.8) is 0 Å². The summed E-state index contributed by atoms with van der Waals surface area (Å²) in [5, 5.41) is 8.25. The molecule has 1 rings (SSSR count). The number of pyridine rings is 1. The second-order valence-corrected chi connectivity index (χ2v) is 1.38. The standard InChI is InChI=1S/C6H5N2.HI/c7-6-8-4-2-1-3-5-8;/h1-5H;1H/q+1;/p-1. The SMILES string of the molecule is N#C[n+]1ccccc1.[I-]. The molecule has 1 aromatic heterocycles. The van der Waals surface area contributed by atoms with Gasteiger partial charge in [0.25, 0.3) is 0 Å². The van der Waals surface area contributed by atoms with Crippen LogP contribution in [-0.4, -0.2) is 0 Å². The molecule has 0 bridgehead atoms. The van der Waals surface area contributed by atoms with E-state index >= 15 is 0 Å². The monoisotopic (exact) mass is 232 g/mol. The van der Waals surface area contributed by atoms with Crippen molar-refractivity contribution < 1.29 is 28.5 Å². The Kier molecular flexibility index (Phi) is 3.97. The van der Waals surface area contributed by atoms with Crippen molar-refractivity contribution in [2.45, 2.75) is 0 Å². The average molecular weight is 232 g/mol. The lowest BCUT2D eigenvalue weighted by atomic mass is 10.5. The fourth-order valence-electron chi connectivity index (χ4n) is 0.465. The summed E-state index contributed by atoms with van der Waals surface area (Å²) in [6, 6.07) is 5.49. The number of hydrogen-bond acceptors (Lipinski definition) is 1. The Bertz CT molecular complexity index is 202. The lowest BCUT2D eigenvalue weighted by molar-refractivity contribution is -0.586. The van der Waals surface area contributed by atoms with Gasteiger partial charge in [0.15, 0.2) is 5.26 Å². The molecule has 0 saturated carbocycles. The predicted molar refractivity (Wildman–Crippen MR) is 27.6 cm³/mol. The summed E-state index contributed by atoms with van der Waals surface area (Å²) >= 11 is 0.